The van der Waals surface area contributed by atoms with Gasteiger partial charge >= 0.3 is 6.09 Å². The average molecular weight is 210 g/mol. The highest BCUT2D eigenvalue weighted by Crippen LogP contribution is 2.31. The second kappa shape index (κ2) is 4.23. The number of hydrogen-bond donors (Lipinski definition) is 2. The maximum atomic E-state index is 11.1. The van der Waals surface area contributed by atoms with Gasteiger partial charge in [0.2, 0.25) is 0 Å². The van der Waals surface area contributed by atoms with Crippen molar-refractivity contribution < 1.29 is 9.90 Å². The second-order valence-corrected chi connectivity index (χ2v) is 4.37. The molecule has 4 heteroatoms. The largest absolute Gasteiger partial charge is 0.465 e. The van der Waals surface area contributed by atoms with Gasteiger partial charge in [0.1, 0.15) is 0 Å². The maximum absolute atomic E-state index is 11.1. The summed E-state index contributed by atoms with van der Waals surface area (Å²) < 4.78 is 0. The van der Waals surface area contributed by atoms with Crippen LogP contribution in [0.4, 0.5) is 4.79 Å². The van der Waals surface area contributed by atoms with Crippen molar-refractivity contribution in [1.29, 1.82) is 0 Å². The number of carboxylic acid groups (broad SMARTS) is 1. The molecule has 2 heterocycles. The van der Waals surface area contributed by atoms with Crippen LogP contribution in [-0.2, 0) is 0 Å². The van der Waals surface area contributed by atoms with Crippen LogP contribution in [0.3, 0.4) is 0 Å². The fourth-order valence-electron chi connectivity index (χ4n) is 2.82. The Morgan fingerprint density at radius 2 is 2.40 bits per heavy atom. The number of nitrogens with zero attached hydrogens (tertiary/aromatic N) is 1. The summed E-state index contributed by atoms with van der Waals surface area (Å²) in [5.41, 5.74) is 0. The molecule has 15 heavy (non-hydrogen) atoms. The zero-order valence-electron chi connectivity index (χ0n) is 8.85. The van der Waals surface area contributed by atoms with Gasteiger partial charge < -0.3 is 10.4 Å². The van der Waals surface area contributed by atoms with E-state index in [2.05, 4.69) is 11.9 Å². The summed E-state index contributed by atoms with van der Waals surface area (Å²) >= 11 is 0. The predicted molar refractivity (Wildman–Crippen MR) is 57.9 cm³/mol. The molecule has 2 aliphatic rings. The Morgan fingerprint density at radius 1 is 1.60 bits per heavy atom. The summed E-state index contributed by atoms with van der Waals surface area (Å²) in [5, 5.41) is 12.6. The lowest BCUT2D eigenvalue weighted by molar-refractivity contribution is 0.0897. The molecular weight excluding hydrogens is 192 g/mol. The molecule has 0 aromatic heterocycles. The zero-order chi connectivity index (χ0) is 10.8. The highest BCUT2D eigenvalue weighted by Gasteiger charge is 2.44. The van der Waals surface area contributed by atoms with E-state index in [1.54, 1.807) is 4.90 Å². The molecule has 2 rings (SSSR count). The molecule has 2 saturated heterocycles. The fourth-order valence-corrected chi connectivity index (χ4v) is 2.82. The van der Waals surface area contributed by atoms with Crippen LogP contribution in [0.2, 0.25) is 0 Å². The minimum atomic E-state index is -0.757. The second-order valence-electron chi connectivity index (χ2n) is 4.37. The smallest absolute Gasteiger partial charge is 0.407 e. The number of fused-ring (bicyclic) bond motifs is 2. The highest BCUT2D eigenvalue weighted by atomic mass is 16.4. The number of carbonyl (C=O) groups is 1. The van der Waals surface area contributed by atoms with E-state index in [-0.39, 0.29) is 12.1 Å². The van der Waals surface area contributed by atoms with Crippen LogP contribution < -0.4 is 5.32 Å². The minimum absolute atomic E-state index is 0.182. The number of amides is 1. The van der Waals surface area contributed by atoms with Gasteiger partial charge in [-0.3, -0.25) is 4.90 Å². The van der Waals surface area contributed by atoms with Gasteiger partial charge in [-0.15, -0.1) is 6.58 Å². The third kappa shape index (κ3) is 1.86. The first-order chi connectivity index (χ1) is 7.24. The van der Waals surface area contributed by atoms with E-state index >= 15 is 0 Å². The van der Waals surface area contributed by atoms with Crippen LogP contribution in [0.15, 0.2) is 12.7 Å². The molecule has 0 radical (unpaired) electrons. The van der Waals surface area contributed by atoms with E-state index < -0.39 is 6.09 Å². The Bertz CT molecular complexity index is 267. The van der Waals surface area contributed by atoms with Gasteiger partial charge in [0.05, 0.1) is 6.04 Å². The third-order valence-corrected chi connectivity index (χ3v) is 3.53. The molecule has 0 aromatic rings. The van der Waals surface area contributed by atoms with Gasteiger partial charge in [0.15, 0.2) is 0 Å². The number of allylic oxidation sites excluding steroid dienone is 1. The zero-order valence-corrected chi connectivity index (χ0v) is 8.85. The molecule has 1 amide bonds. The standard InChI is InChI=1S/C11H18N2O2/c1-2-3-4-9-10-6-5-8(7-12-9)13(10)11(14)15/h2,8-10,12H,1,3-7H2,(H,14,15)/t8-,9-,10+/m1/s1. The average Bonchev–Trinajstić information content (AvgIpc) is 2.53. The van der Waals surface area contributed by atoms with Crippen molar-refractivity contribution in [3.8, 4) is 0 Å². The quantitative estimate of drug-likeness (QED) is 0.693. The summed E-state index contributed by atoms with van der Waals surface area (Å²) in [6, 6.07) is 0.700. The molecule has 4 nitrogen and oxygen atoms in total. The Hall–Kier alpha value is -1.03. The molecule has 84 valence electrons. The van der Waals surface area contributed by atoms with Crippen LogP contribution in [-0.4, -0.2) is 40.8 Å². The van der Waals surface area contributed by atoms with Crippen LogP contribution in [0.1, 0.15) is 25.7 Å². The maximum Gasteiger partial charge on any atom is 0.407 e. The predicted octanol–water partition coefficient (Wildman–Crippen LogP) is 1.44. The highest BCUT2D eigenvalue weighted by molar-refractivity contribution is 5.66. The fraction of sp³-hybridized carbons (Fsp3) is 0.727. The van der Waals surface area contributed by atoms with E-state index in [0.29, 0.717) is 6.04 Å². The molecule has 0 aromatic carbocycles. The van der Waals surface area contributed by atoms with E-state index in [4.69, 9.17) is 5.11 Å². The number of hydrogen-bond acceptors (Lipinski definition) is 2. The van der Waals surface area contributed by atoms with Crippen LogP contribution in [0, 0.1) is 0 Å². The molecule has 0 aliphatic carbocycles. The monoisotopic (exact) mass is 210 g/mol. The van der Waals surface area contributed by atoms with Crippen molar-refractivity contribution in [2.45, 2.75) is 43.8 Å². The van der Waals surface area contributed by atoms with Gasteiger partial charge in [-0.05, 0) is 25.7 Å². The van der Waals surface area contributed by atoms with Gasteiger partial charge in [-0.1, -0.05) is 6.08 Å². The summed E-state index contributed by atoms with van der Waals surface area (Å²) in [5.74, 6) is 0. The molecule has 0 saturated carbocycles. The Labute approximate surface area is 90.0 Å². The van der Waals surface area contributed by atoms with E-state index in [1.807, 2.05) is 6.08 Å². The Morgan fingerprint density at radius 3 is 3.07 bits per heavy atom. The topological polar surface area (TPSA) is 52.6 Å². The van der Waals surface area contributed by atoms with E-state index in [9.17, 15) is 4.79 Å². The number of piperazine rings is 1. The molecule has 2 bridgehead atoms. The van der Waals surface area contributed by atoms with Crippen LogP contribution >= 0.6 is 0 Å². The first kappa shape index (κ1) is 10.5. The third-order valence-electron chi connectivity index (χ3n) is 3.53. The molecule has 0 unspecified atom stereocenters. The van der Waals surface area contributed by atoms with Crippen molar-refractivity contribution >= 4 is 6.09 Å². The molecule has 2 aliphatic heterocycles. The SMILES string of the molecule is C=CCC[C@H]1NC[C@H]2CC[C@@H]1N2C(=O)O. The van der Waals surface area contributed by atoms with Gasteiger partial charge in [0, 0.05) is 18.6 Å². The van der Waals surface area contributed by atoms with Gasteiger partial charge in [-0.25, -0.2) is 4.79 Å². The van der Waals surface area contributed by atoms with Crippen molar-refractivity contribution in [2.75, 3.05) is 6.54 Å². The van der Waals surface area contributed by atoms with Gasteiger partial charge in [0.25, 0.3) is 0 Å². The molecule has 2 fully saturated rings. The summed E-state index contributed by atoms with van der Waals surface area (Å²) in [6.45, 7) is 4.51. The lowest BCUT2D eigenvalue weighted by atomic mass is 10.0. The van der Waals surface area contributed by atoms with Crippen molar-refractivity contribution in [1.82, 2.24) is 10.2 Å². The lowest BCUT2D eigenvalue weighted by Gasteiger charge is -2.39. The van der Waals surface area contributed by atoms with E-state index in [0.717, 1.165) is 32.2 Å². The normalized spacial score (nSPS) is 34.1. The molecule has 0 spiro atoms. The lowest BCUT2D eigenvalue weighted by Crippen LogP contribution is -2.59. The first-order valence-corrected chi connectivity index (χ1v) is 5.59. The summed E-state index contributed by atoms with van der Waals surface area (Å²) in [4.78, 5) is 12.8. The summed E-state index contributed by atoms with van der Waals surface area (Å²) in [6.07, 6.45) is 5.10. The Balaban J connectivity index is 2.04. The Kier molecular flexibility index (Phi) is 2.95. The first-order valence-electron chi connectivity index (χ1n) is 5.59. The molecule has 3 atom stereocenters. The number of rotatable bonds is 3. The minimum Gasteiger partial charge on any atom is -0.465 e. The number of nitrogens with one attached hydrogen (secondary N) is 1. The molecular formula is C11H18N2O2. The van der Waals surface area contributed by atoms with Crippen molar-refractivity contribution in [3.05, 3.63) is 12.7 Å². The van der Waals surface area contributed by atoms with Crippen LogP contribution in [0.25, 0.3) is 0 Å². The van der Waals surface area contributed by atoms with Crippen molar-refractivity contribution in [2.24, 2.45) is 0 Å². The van der Waals surface area contributed by atoms with Crippen molar-refractivity contribution in [3.63, 3.8) is 0 Å². The molecule has 2 N–H and O–H groups in total. The van der Waals surface area contributed by atoms with E-state index in [1.165, 1.54) is 0 Å². The van der Waals surface area contributed by atoms with Gasteiger partial charge in [-0.2, -0.15) is 0 Å². The summed E-state index contributed by atoms with van der Waals surface area (Å²) in [7, 11) is 0. The van der Waals surface area contributed by atoms with Crippen LogP contribution in [0.5, 0.6) is 0 Å².